The van der Waals surface area contributed by atoms with Crippen LogP contribution in [-0.4, -0.2) is 35.4 Å². The zero-order valence-corrected chi connectivity index (χ0v) is 10.5. The van der Waals surface area contributed by atoms with Crippen molar-refractivity contribution in [1.29, 1.82) is 0 Å². The first kappa shape index (κ1) is 11.5. The summed E-state index contributed by atoms with van der Waals surface area (Å²) in [6.45, 7) is 2.53. The summed E-state index contributed by atoms with van der Waals surface area (Å²) < 4.78 is 0.907. The van der Waals surface area contributed by atoms with Gasteiger partial charge >= 0.3 is 0 Å². The molecule has 0 aromatic carbocycles. The van der Waals surface area contributed by atoms with Gasteiger partial charge < -0.3 is 5.32 Å². The van der Waals surface area contributed by atoms with Crippen LogP contribution in [0.15, 0.2) is 22.8 Å². The fourth-order valence-electron chi connectivity index (χ4n) is 1.78. The second-order valence-corrected chi connectivity index (χ2v) is 4.81. The van der Waals surface area contributed by atoms with Crippen LogP contribution in [0.5, 0.6) is 0 Å². The molecule has 0 aliphatic carbocycles. The number of amides is 1. The van der Waals surface area contributed by atoms with Gasteiger partial charge in [-0.05, 0) is 54.0 Å². The minimum Gasteiger partial charge on any atom is -0.310 e. The highest BCUT2D eigenvalue weighted by Crippen LogP contribution is 2.11. The van der Waals surface area contributed by atoms with Gasteiger partial charge in [0.05, 0.1) is 6.54 Å². The molecule has 1 saturated heterocycles. The topological polar surface area (TPSA) is 45.2 Å². The van der Waals surface area contributed by atoms with E-state index in [0.29, 0.717) is 12.4 Å². The normalized spacial score (nSPS) is 16.3. The lowest BCUT2D eigenvalue weighted by atomic mass is 10.4. The summed E-state index contributed by atoms with van der Waals surface area (Å²) in [4.78, 5) is 17.9. The maximum absolute atomic E-state index is 11.6. The van der Waals surface area contributed by atoms with Crippen LogP contribution < -0.4 is 5.32 Å². The van der Waals surface area contributed by atoms with E-state index in [2.05, 4.69) is 31.1 Å². The summed E-state index contributed by atoms with van der Waals surface area (Å²) >= 11 is 3.30. The molecule has 1 aromatic rings. The lowest BCUT2D eigenvalue weighted by molar-refractivity contribution is -0.117. The summed E-state index contributed by atoms with van der Waals surface area (Å²) in [5, 5.41) is 2.78. The number of nitrogens with zero attached hydrogens (tertiary/aromatic N) is 2. The van der Waals surface area contributed by atoms with Crippen molar-refractivity contribution in [2.45, 2.75) is 12.8 Å². The van der Waals surface area contributed by atoms with E-state index in [4.69, 9.17) is 0 Å². The molecule has 2 heterocycles. The van der Waals surface area contributed by atoms with Crippen LogP contribution in [0.3, 0.4) is 0 Å². The highest BCUT2D eigenvalue weighted by Gasteiger charge is 2.15. The Labute approximate surface area is 103 Å². The molecule has 0 atom stereocenters. The summed E-state index contributed by atoms with van der Waals surface area (Å²) in [5.41, 5.74) is 0. The molecular weight excluding hydrogens is 270 g/mol. The van der Waals surface area contributed by atoms with Crippen LogP contribution in [0.4, 0.5) is 5.82 Å². The van der Waals surface area contributed by atoms with Crippen LogP contribution >= 0.6 is 15.9 Å². The van der Waals surface area contributed by atoms with Gasteiger partial charge in [-0.15, -0.1) is 0 Å². The standard InChI is InChI=1S/C11H14BrN3O/c12-9-3-4-10(13-7-9)14-11(16)8-15-5-1-2-6-15/h3-4,7H,1-2,5-6,8H2,(H,13,14,16). The van der Waals surface area contributed by atoms with E-state index >= 15 is 0 Å². The summed E-state index contributed by atoms with van der Waals surface area (Å²) in [6.07, 6.45) is 4.07. The van der Waals surface area contributed by atoms with E-state index in [-0.39, 0.29) is 5.91 Å². The van der Waals surface area contributed by atoms with Crippen LogP contribution in [0.2, 0.25) is 0 Å². The average Bonchev–Trinajstić information content (AvgIpc) is 2.74. The number of likely N-dealkylation sites (tertiary alicyclic amines) is 1. The lowest BCUT2D eigenvalue weighted by Crippen LogP contribution is -2.31. The molecule has 2 rings (SSSR count). The lowest BCUT2D eigenvalue weighted by Gasteiger charge is -2.13. The molecule has 1 fully saturated rings. The van der Waals surface area contributed by atoms with Crippen LogP contribution in [0.1, 0.15) is 12.8 Å². The molecule has 1 N–H and O–H groups in total. The smallest absolute Gasteiger partial charge is 0.239 e. The van der Waals surface area contributed by atoms with Gasteiger partial charge in [-0.3, -0.25) is 9.69 Å². The Morgan fingerprint density at radius 3 is 2.81 bits per heavy atom. The van der Waals surface area contributed by atoms with Gasteiger partial charge in [-0.1, -0.05) is 0 Å². The van der Waals surface area contributed by atoms with Crippen molar-refractivity contribution in [1.82, 2.24) is 9.88 Å². The fraction of sp³-hybridized carbons (Fsp3) is 0.455. The average molecular weight is 284 g/mol. The van der Waals surface area contributed by atoms with Gasteiger partial charge in [0.2, 0.25) is 5.91 Å². The van der Waals surface area contributed by atoms with Crippen molar-refractivity contribution in [3.05, 3.63) is 22.8 Å². The van der Waals surface area contributed by atoms with E-state index in [0.717, 1.165) is 17.6 Å². The Balaban J connectivity index is 1.84. The van der Waals surface area contributed by atoms with Crippen molar-refractivity contribution >= 4 is 27.7 Å². The van der Waals surface area contributed by atoms with Crippen LogP contribution in [-0.2, 0) is 4.79 Å². The van der Waals surface area contributed by atoms with Crippen molar-refractivity contribution in [2.24, 2.45) is 0 Å². The van der Waals surface area contributed by atoms with Crippen molar-refractivity contribution < 1.29 is 4.79 Å². The number of hydrogen-bond acceptors (Lipinski definition) is 3. The molecule has 86 valence electrons. The van der Waals surface area contributed by atoms with Crippen LogP contribution in [0.25, 0.3) is 0 Å². The second-order valence-electron chi connectivity index (χ2n) is 3.89. The molecule has 4 nitrogen and oxygen atoms in total. The summed E-state index contributed by atoms with van der Waals surface area (Å²) in [6, 6.07) is 3.64. The molecule has 0 saturated carbocycles. The third-order valence-corrected chi connectivity index (χ3v) is 3.03. The van der Waals surface area contributed by atoms with E-state index in [1.807, 2.05) is 6.07 Å². The van der Waals surface area contributed by atoms with E-state index in [1.54, 1.807) is 12.3 Å². The fourth-order valence-corrected chi connectivity index (χ4v) is 2.01. The van der Waals surface area contributed by atoms with E-state index in [9.17, 15) is 4.79 Å². The van der Waals surface area contributed by atoms with E-state index in [1.165, 1.54) is 12.8 Å². The van der Waals surface area contributed by atoms with Gasteiger partial charge in [0.15, 0.2) is 0 Å². The maximum atomic E-state index is 11.6. The maximum Gasteiger partial charge on any atom is 0.239 e. The van der Waals surface area contributed by atoms with Gasteiger partial charge in [0.1, 0.15) is 5.82 Å². The summed E-state index contributed by atoms with van der Waals surface area (Å²) in [7, 11) is 0. The SMILES string of the molecule is O=C(CN1CCCC1)Nc1ccc(Br)cn1. The van der Waals surface area contributed by atoms with Crippen molar-refractivity contribution in [2.75, 3.05) is 25.0 Å². The Morgan fingerprint density at radius 2 is 2.19 bits per heavy atom. The number of carbonyl (C=O) groups is 1. The van der Waals surface area contributed by atoms with Crippen molar-refractivity contribution in [3.8, 4) is 0 Å². The Morgan fingerprint density at radius 1 is 1.44 bits per heavy atom. The molecular formula is C11H14BrN3O. The predicted molar refractivity (Wildman–Crippen MR) is 66.2 cm³/mol. The number of hydrogen-bond donors (Lipinski definition) is 1. The first-order valence-electron chi connectivity index (χ1n) is 5.38. The highest BCUT2D eigenvalue weighted by molar-refractivity contribution is 9.10. The first-order valence-corrected chi connectivity index (χ1v) is 6.17. The number of anilines is 1. The minimum atomic E-state index is 0.0109. The van der Waals surface area contributed by atoms with Gasteiger partial charge in [-0.2, -0.15) is 0 Å². The summed E-state index contributed by atoms with van der Waals surface area (Å²) in [5.74, 6) is 0.615. The molecule has 5 heteroatoms. The molecule has 0 unspecified atom stereocenters. The number of pyridine rings is 1. The predicted octanol–water partition coefficient (Wildman–Crippen LogP) is 1.88. The van der Waals surface area contributed by atoms with E-state index < -0.39 is 0 Å². The van der Waals surface area contributed by atoms with Gasteiger partial charge in [0, 0.05) is 10.7 Å². The third-order valence-electron chi connectivity index (χ3n) is 2.56. The molecule has 0 spiro atoms. The molecule has 16 heavy (non-hydrogen) atoms. The zero-order valence-electron chi connectivity index (χ0n) is 8.95. The van der Waals surface area contributed by atoms with Crippen LogP contribution in [0, 0.1) is 0 Å². The Bertz CT molecular complexity index is 360. The number of rotatable bonds is 3. The Hall–Kier alpha value is -0.940. The van der Waals surface area contributed by atoms with Crippen molar-refractivity contribution in [3.63, 3.8) is 0 Å². The van der Waals surface area contributed by atoms with Gasteiger partial charge in [-0.25, -0.2) is 4.98 Å². The first-order chi connectivity index (χ1) is 7.74. The molecule has 1 aromatic heterocycles. The monoisotopic (exact) mass is 283 g/mol. The number of halogens is 1. The quantitative estimate of drug-likeness (QED) is 0.921. The Kier molecular flexibility index (Phi) is 3.90. The molecule has 0 radical (unpaired) electrons. The second kappa shape index (κ2) is 5.41. The zero-order chi connectivity index (χ0) is 11.4. The van der Waals surface area contributed by atoms with Gasteiger partial charge in [0.25, 0.3) is 0 Å². The number of carbonyl (C=O) groups excluding carboxylic acids is 1. The molecule has 0 bridgehead atoms. The molecule has 1 aliphatic rings. The highest BCUT2D eigenvalue weighted by atomic mass is 79.9. The largest absolute Gasteiger partial charge is 0.310 e. The third kappa shape index (κ3) is 3.28. The molecule has 1 amide bonds. The number of nitrogens with one attached hydrogen (secondary N) is 1. The minimum absolute atomic E-state index is 0.0109. The molecule has 1 aliphatic heterocycles. The number of aromatic nitrogens is 1.